The van der Waals surface area contributed by atoms with E-state index >= 15 is 0 Å². The van der Waals surface area contributed by atoms with Gasteiger partial charge < -0.3 is 11.1 Å². The van der Waals surface area contributed by atoms with E-state index in [-0.39, 0.29) is 34.3 Å². The van der Waals surface area contributed by atoms with Crippen molar-refractivity contribution in [3.8, 4) is 11.3 Å². The van der Waals surface area contributed by atoms with E-state index in [1.165, 1.54) is 28.9 Å². The van der Waals surface area contributed by atoms with E-state index in [4.69, 9.17) is 17.3 Å². The van der Waals surface area contributed by atoms with Crippen LogP contribution in [-0.2, 0) is 27.5 Å². The smallest absolute Gasteiger partial charge is 0.365 e. The first-order valence-electron chi connectivity index (χ1n) is 12.1. The van der Waals surface area contributed by atoms with E-state index in [0.29, 0.717) is 16.1 Å². The maximum Gasteiger partial charge on any atom is 0.433 e. The number of aromatic nitrogens is 3. The Hall–Kier alpha value is -4.10. The van der Waals surface area contributed by atoms with Gasteiger partial charge in [0.1, 0.15) is 28.6 Å². The van der Waals surface area contributed by atoms with Crippen molar-refractivity contribution in [2.24, 2.45) is 5.73 Å². The van der Waals surface area contributed by atoms with Gasteiger partial charge in [0.25, 0.3) is 5.91 Å². The number of nitrogens with two attached hydrogens (primary N) is 1. The van der Waals surface area contributed by atoms with Gasteiger partial charge >= 0.3 is 6.18 Å². The lowest BCUT2D eigenvalue weighted by atomic mass is 10.1. The first-order valence-corrected chi connectivity index (χ1v) is 14.2. The predicted molar refractivity (Wildman–Crippen MR) is 151 cm³/mol. The van der Waals surface area contributed by atoms with Gasteiger partial charge in [0.2, 0.25) is 10.0 Å². The summed E-state index contributed by atoms with van der Waals surface area (Å²) < 4.78 is 69.0. The number of rotatable bonds is 8. The summed E-state index contributed by atoms with van der Waals surface area (Å²) >= 11 is 5.86. The summed E-state index contributed by atoms with van der Waals surface area (Å²) in [6.45, 7) is 5.37. The van der Waals surface area contributed by atoms with Crippen molar-refractivity contribution in [2.75, 3.05) is 10.0 Å². The Balaban J connectivity index is 1.68. The molecule has 4 aromatic rings. The third-order valence-electron chi connectivity index (χ3n) is 5.75. The third-order valence-corrected chi connectivity index (χ3v) is 7.27. The van der Waals surface area contributed by atoms with Crippen molar-refractivity contribution in [3.05, 3.63) is 88.6 Å². The molecule has 14 heteroatoms. The van der Waals surface area contributed by atoms with Crippen LogP contribution in [0.15, 0.2) is 66.7 Å². The number of amides is 1. The summed E-state index contributed by atoms with van der Waals surface area (Å²) in [5.74, 6) is -1.26. The van der Waals surface area contributed by atoms with E-state index < -0.39 is 33.3 Å². The Morgan fingerprint density at radius 1 is 1.00 bits per heavy atom. The molecule has 4 N–H and O–H groups in total. The number of alkyl halides is 3. The zero-order valence-corrected chi connectivity index (χ0v) is 23.7. The molecule has 0 atom stereocenters. The minimum absolute atomic E-state index is 0.0552. The van der Waals surface area contributed by atoms with Gasteiger partial charge in [-0.2, -0.15) is 18.3 Å². The van der Waals surface area contributed by atoms with Crippen LogP contribution < -0.4 is 15.8 Å². The zero-order valence-electron chi connectivity index (χ0n) is 22.1. The highest BCUT2D eigenvalue weighted by atomic mass is 35.5. The van der Waals surface area contributed by atoms with Gasteiger partial charge in [0.15, 0.2) is 0 Å². The molecule has 2 aromatic heterocycles. The first kappa shape index (κ1) is 29.9. The van der Waals surface area contributed by atoms with Crippen LogP contribution in [0, 0.1) is 0 Å². The number of sulfonamides is 1. The van der Waals surface area contributed by atoms with Gasteiger partial charge in [0.05, 0.1) is 11.3 Å². The second-order valence-electron chi connectivity index (χ2n) is 10.1. The molecular formula is C27H26ClF3N6O3S. The molecule has 0 aliphatic heterocycles. The van der Waals surface area contributed by atoms with Crippen molar-refractivity contribution < 1.29 is 26.4 Å². The highest BCUT2D eigenvalue weighted by Gasteiger charge is 2.33. The molecule has 0 fully saturated rings. The SMILES string of the molecule is CC(C)(C)n1nc(-c2ccc(NS(=O)(=O)Cc3ccc(Cl)cc3)cc2)c(C(N)=O)c1Nc1cccc(C(F)(F)F)n1. The highest BCUT2D eigenvalue weighted by Crippen LogP contribution is 2.35. The Kier molecular flexibility index (Phi) is 8.05. The third kappa shape index (κ3) is 7.16. The molecule has 2 aromatic carbocycles. The van der Waals surface area contributed by atoms with Gasteiger partial charge in [-0.1, -0.05) is 41.9 Å². The normalized spacial score (nSPS) is 12.3. The lowest BCUT2D eigenvalue weighted by molar-refractivity contribution is -0.141. The quantitative estimate of drug-likeness (QED) is 0.220. The molecule has 0 spiro atoms. The summed E-state index contributed by atoms with van der Waals surface area (Å²) in [5, 5.41) is 7.84. The number of hydrogen-bond donors (Lipinski definition) is 3. The molecule has 9 nitrogen and oxygen atoms in total. The fraction of sp³-hybridized carbons (Fsp3) is 0.222. The number of benzene rings is 2. The number of halogens is 4. The number of carbonyl (C=O) groups excluding carboxylic acids is 1. The molecule has 41 heavy (non-hydrogen) atoms. The van der Waals surface area contributed by atoms with Crippen LogP contribution in [0.5, 0.6) is 0 Å². The van der Waals surface area contributed by atoms with Crippen molar-refractivity contribution in [3.63, 3.8) is 0 Å². The Morgan fingerprint density at radius 3 is 2.20 bits per heavy atom. The molecule has 2 heterocycles. The number of carbonyl (C=O) groups is 1. The lowest BCUT2D eigenvalue weighted by Crippen LogP contribution is -2.25. The molecule has 0 aliphatic carbocycles. The standard InChI is InChI=1S/C27H26ClF3N6O3S/c1-26(2,3)37-25(34-21-6-4-5-20(33-21)27(29,30)31)22(24(32)38)23(35-37)17-9-13-19(14-10-17)36-41(39,40)15-16-7-11-18(28)12-8-16/h4-14,36H,15H2,1-3H3,(H2,32,38)(H,33,34). The average Bonchev–Trinajstić information content (AvgIpc) is 3.25. The topological polar surface area (TPSA) is 132 Å². The number of anilines is 3. The Bertz CT molecular complexity index is 1680. The largest absolute Gasteiger partial charge is 0.433 e. The van der Waals surface area contributed by atoms with Gasteiger partial charge in [-0.05, 0) is 62.7 Å². The summed E-state index contributed by atoms with van der Waals surface area (Å²) in [4.78, 5) is 16.3. The highest BCUT2D eigenvalue weighted by molar-refractivity contribution is 7.91. The number of hydrogen-bond acceptors (Lipinski definition) is 6. The monoisotopic (exact) mass is 606 g/mol. The molecule has 1 amide bonds. The molecule has 216 valence electrons. The number of pyridine rings is 1. The van der Waals surface area contributed by atoms with Crippen molar-refractivity contribution in [2.45, 2.75) is 38.2 Å². The van der Waals surface area contributed by atoms with Crippen molar-refractivity contribution in [1.29, 1.82) is 0 Å². The minimum atomic E-state index is -4.67. The minimum Gasteiger partial charge on any atom is -0.365 e. The fourth-order valence-electron chi connectivity index (χ4n) is 3.95. The van der Waals surface area contributed by atoms with E-state index in [1.54, 1.807) is 57.2 Å². The molecule has 0 saturated heterocycles. The number of nitrogens with zero attached hydrogens (tertiary/aromatic N) is 3. The van der Waals surface area contributed by atoms with Crippen LogP contribution in [0.1, 0.15) is 42.4 Å². The van der Waals surface area contributed by atoms with Gasteiger partial charge in [0, 0.05) is 16.3 Å². The Morgan fingerprint density at radius 2 is 1.63 bits per heavy atom. The summed E-state index contributed by atoms with van der Waals surface area (Å²) in [7, 11) is -3.75. The van der Waals surface area contributed by atoms with E-state index in [2.05, 4.69) is 20.1 Å². The molecule has 0 bridgehead atoms. The zero-order chi connectivity index (χ0) is 30.2. The maximum atomic E-state index is 13.2. The fourth-order valence-corrected chi connectivity index (χ4v) is 5.27. The predicted octanol–water partition coefficient (Wildman–Crippen LogP) is 6.16. The van der Waals surface area contributed by atoms with Crippen LogP contribution in [0.2, 0.25) is 5.02 Å². The van der Waals surface area contributed by atoms with Gasteiger partial charge in [-0.25, -0.2) is 18.1 Å². The molecule has 0 unspecified atom stereocenters. The molecule has 0 saturated carbocycles. The average molecular weight is 607 g/mol. The molecular weight excluding hydrogens is 581 g/mol. The molecule has 4 rings (SSSR count). The summed E-state index contributed by atoms with van der Waals surface area (Å²) in [6, 6.07) is 15.9. The number of primary amides is 1. The van der Waals surface area contributed by atoms with Gasteiger partial charge in [-0.3, -0.25) is 9.52 Å². The van der Waals surface area contributed by atoms with E-state index in [0.717, 1.165) is 6.07 Å². The van der Waals surface area contributed by atoms with Crippen LogP contribution in [-0.4, -0.2) is 29.1 Å². The Labute approximate surface area is 239 Å². The second kappa shape index (κ2) is 11.1. The first-order chi connectivity index (χ1) is 19.0. The van der Waals surface area contributed by atoms with Crippen LogP contribution >= 0.6 is 11.6 Å². The van der Waals surface area contributed by atoms with Crippen LogP contribution in [0.25, 0.3) is 11.3 Å². The van der Waals surface area contributed by atoms with Crippen LogP contribution in [0.3, 0.4) is 0 Å². The lowest BCUT2D eigenvalue weighted by Gasteiger charge is -2.23. The molecule has 0 aliphatic rings. The summed E-state index contributed by atoms with van der Waals surface area (Å²) in [6.07, 6.45) is -4.67. The van der Waals surface area contributed by atoms with E-state index in [9.17, 15) is 26.4 Å². The summed E-state index contributed by atoms with van der Waals surface area (Å²) in [5.41, 5.74) is 5.19. The maximum absolute atomic E-state index is 13.2. The number of nitrogens with one attached hydrogen (secondary N) is 2. The second-order valence-corrected chi connectivity index (χ2v) is 12.3. The van der Waals surface area contributed by atoms with Crippen LogP contribution in [0.4, 0.5) is 30.5 Å². The molecule has 0 radical (unpaired) electrons. The van der Waals surface area contributed by atoms with E-state index in [1.807, 2.05) is 0 Å². The van der Waals surface area contributed by atoms with Crippen molar-refractivity contribution >= 4 is 44.9 Å². The van der Waals surface area contributed by atoms with Crippen molar-refractivity contribution in [1.82, 2.24) is 14.8 Å². The van der Waals surface area contributed by atoms with Gasteiger partial charge in [-0.15, -0.1) is 0 Å².